The first-order valence-electron chi connectivity index (χ1n) is 7.38. The molecule has 0 saturated heterocycles. The first-order chi connectivity index (χ1) is 11.5. The summed E-state index contributed by atoms with van der Waals surface area (Å²) in [7, 11) is 0. The van der Waals surface area contributed by atoms with Gasteiger partial charge in [0.05, 0.1) is 16.1 Å². The third kappa shape index (κ3) is 5.35. The fraction of sp³-hybridized carbons (Fsp3) is 0.294. The molecule has 0 aliphatic heterocycles. The number of nitrogens with zero attached hydrogens (tertiary/aromatic N) is 1. The molecule has 1 aromatic carbocycles. The molecular weight excluding hydrogens is 355 g/mol. The van der Waals surface area contributed by atoms with Crippen LogP contribution in [0.5, 0.6) is 0 Å². The number of aromatic nitrogens is 1. The van der Waals surface area contributed by atoms with Crippen molar-refractivity contribution in [3.63, 3.8) is 0 Å². The lowest BCUT2D eigenvalue weighted by Crippen LogP contribution is -2.26. The predicted octanol–water partition coefficient (Wildman–Crippen LogP) is 5.22. The summed E-state index contributed by atoms with van der Waals surface area (Å²) >= 11 is 5.55. The van der Waals surface area contributed by atoms with E-state index in [1.165, 1.54) is 18.3 Å². The van der Waals surface area contributed by atoms with Gasteiger partial charge in [0.15, 0.2) is 0 Å². The van der Waals surface area contributed by atoms with E-state index in [4.69, 9.17) is 11.6 Å². The van der Waals surface area contributed by atoms with Crippen LogP contribution in [0.15, 0.2) is 36.5 Å². The van der Waals surface area contributed by atoms with Crippen molar-refractivity contribution >= 4 is 29.0 Å². The molecule has 0 fully saturated rings. The Kier molecular flexibility index (Phi) is 5.27. The molecule has 4 nitrogen and oxygen atoms in total. The molecule has 0 aliphatic carbocycles. The average molecular weight is 372 g/mol. The lowest BCUT2D eigenvalue weighted by atomic mass is 10.1. The molecule has 1 amide bonds. The summed E-state index contributed by atoms with van der Waals surface area (Å²) in [6.07, 6.45) is -3.25. The number of anilines is 2. The smallest absolute Gasteiger partial charge is 0.365 e. The van der Waals surface area contributed by atoms with Gasteiger partial charge in [-0.25, -0.2) is 4.98 Å². The minimum atomic E-state index is -4.60. The molecule has 8 heteroatoms. The van der Waals surface area contributed by atoms with E-state index in [-0.39, 0.29) is 16.8 Å². The predicted molar refractivity (Wildman–Crippen MR) is 92.0 cm³/mol. The third-order valence-corrected chi connectivity index (χ3v) is 3.39. The van der Waals surface area contributed by atoms with Crippen LogP contribution in [0.4, 0.5) is 24.7 Å². The number of halogens is 4. The molecule has 0 aliphatic rings. The van der Waals surface area contributed by atoms with E-state index in [1.54, 1.807) is 6.07 Å². The fourth-order valence-electron chi connectivity index (χ4n) is 2.01. The maximum Gasteiger partial charge on any atom is 0.417 e. The van der Waals surface area contributed by atoms with Gasteiger partial charge in [0, 0.05) is 17.4 Å². The van der Waals surface area contributed by atoms with Gasteiger partial charge in [0.1, 0.15) is 5.82 Å². The molecule has 0 unspecified atom stereocenters. The van der Waals surface area contributed by atoms with Gasteiger partial charge in [-0.05, 0) is 51.1 Å². The van der Waals surface area contributed by atoms with E-state index in [9.17, 15) is 18.0 Å². The number of rotatable bonds is 3. The molecule has 1 aromatic heterocycles. The van der Waals surface area contributed by atoms with Crippen molar-refractivity contribution in [1.29, 1.82) is 0 Å². The molecule has 2 aromatic rings. The Morgan fingerprint density at radius 3 is 2.32 bits per heavy atom. The first kappa shape index (κ1) is 19.1. The number of pyridine rings is 1. The van der Waals surface area contributed by atoms with E-state index in [2.05, 4.69) is 15.6 Å². The van der Waals surface area contributed by atoms with Crippen LogP contribution in [-0.4, -0.2) is 16.4 Å². The normalized spacial score (nSPS) is 12.0. The van der Waals surface area contributed by atoms with Crippen molar-refractivity contribution in [2.75, 3.05) is 10.6 Å². The Hall–Kier alpha value is -2.28. The Morgan fingerprint density at radius 1 is 1.12 bits per heavy atom. The van der Waals surface area contributed by atoms with E-state index < -0.39 is 22.7 Å². The number of amides is 1. The second-order valence-corrected chi connectivity index (χ2v) is 6.86. The van der Waals surface area contributed by atoms with Crippen LogP contribution in [0.25, 0.3) is 0 Å². The second kappa shape index (κ2) is 6.92. The van der Waals surface area contributed by atoms with Gasteiger partial charge in [-0.3, -0.25) is 4.79 Å². The van der Waals surface area contributed by atoms with Gasteiger partial charge in [0.25, 0.3) is 5.91 Å². The number of nitrogens with one attached hydrogen (secondary N) is 2. The lowest BCUT2D eigenvalue weighted by molar-refractivity contribution is -0.137. The fourth-order valence-corrected chi connectivity index (χ4v) is 2.23. The molecule has 134 valence electrons. The average Bonchev–Trinajstić information content (AvgIpc) is 2.47. The van der Waals surface area contributed by atoms with Crippen molar-refractivity contribution < 1.29 is 18.0 Å². The number of hydrogen-bond acceptors (Lipinski definition) is 3. The van der Waals surface area contributed by atoms with Gasteiger partial charge in [-0.15, -0.1) is 0 Å². The summed E-state index contributed by atoms with van der Waals surface area (Å²) in [5, 5.41) is 5.13. The van der Waals surface area contributed by atoms with E-state index in [0.717, 1.165) is 12.1 Å². The summed E-state index contributed by atoms with van der Waals surface area (Å²) in [5.74, 6) is 0.0279. The zero-order chi connectivity index (χ0) is 18.8. The van der Waals surface area contributed by atoms with Gasteiger partial charge in [-0.1, -0.05) is 11.6 Å². The van der Waals surface area contributed by atoms with Crippen LogP contribution in [0, 0.1) is 0 Å². The molecule has 2 N–H and O–H groups in total. The van der Waals surface area contributed by atoms with E-state index in [0.29, 0.717) is 5.82 Å². The summed E-state index contributed by atoms with van der Waals surface area (Å²) in [6.45, 7) is 5.90. The highest BCUT2D eigenvalue weighted by atomic mass is 35.5. The van der Waals surface area contributed by atoms with Crippen molar-refractivity contribution in [2.24, 2.45) is 0 Å². The van der Waals surface area contributed by atoms with Crippen LogP contribution in [-0.2, 0) is 6.18 Å². The summed E-state index contributed by atoms with van der Waals surface area (Å²) in [6, 6.07) is 6.36. The van der Waals surface area contributed by atoms with Crippen molar-refractivity contribution in [2.45, 2.75) is 32.5 Å². The van der Waals surface area contributed by atoms with Crippen LogP contribution < -0.4 is 10.6 Å². The summed E-state index contributed by atoms with van der Waals surface area (Å²) in [4.78, 5) is 16.3. The highest BCUT2D eigenvalue weighted by molar-refractivity contribution is 6.31. The van der Waals surface area contributed by atoms with Crippen LogP contribution >= 0.6 is 11.6 Å². The number of hydrogen-bond donors (Lipinski definition) is 2. The Balaban J connectivity index is 2.15. The molecule has 0 bridgehead atoms. The number of carbonyl (C=O) groups excluding carboxylic acids is 1. The Labute approximate surface area is 148 Å². The quantitative estimate of drug-likeness (QED) is 0.778. The molecule has 1 heterocycles. The largest absolute Gasteiger partial charge is 0.417 e. The SMILES string of the molecule is CC(C)(C)Nc1ccc(C(=O)Nc2ccc(Cl)c(C(F)(F)F)c2)cn1. The molecule has 0 spiro atoms. The summed E-state index contributed by atoms with van der Waals surface area (Å²) in [5.41, 5.74) is -0.968. The maximum absolute atomic E-state index is 12.9. The lowest BCUT2D eigenvalue weighted by Gasteiger charge is -2.21. The van der Waals surface area contributed by atoms with Crippen molar-refractivity contribution in [3.8, 4) is 0 Å². The Morgan fingerprint density at radius 2 is 1.80 bits per heavy atom. The zero-order valence-electron chi connectivity index (χ0n) is 13.8. The standard InChI is InChI=1S/C17H17ClF3N3O/c1-16(2,3)24-14-7-4-10(9-22-14)15(25)23-11-5-6-13(18)12(8-11)17(19,20)21/h4-9H,1-3H3,(H,22,24)(H,23,25). The minimum Gasteiger partial charge on any atom is -0.365 e. The minimum absolute atomic E-state index is 0.00128. The second-order valence-electron chi connectivity index (χ2n) is 6.45. The molecule has 25 heavy (non-hydrogen) atoms. The maximum atomic E-state index is 12.9. The number of benzene rings is 1. The monoisotopic (exact) mass is 371 g/mol. The van der Waals surface area contributed by atoms with Gasteiger partial charge in [-0.2, -0.15) is 13.2 Å². The van der Waals surface area contributed by atoms with Crippen molar-refractivity contribution in [1.82, 2.24) is 4.98 Å². The van der Waals surface area contributed by atoms with Gasteiger partial charge in [0.2, 0.25) is 0 Å². The summed E-state index contributed by atoms with van der Waals surface area (Å²) < 4.78 is 38.6. The first-order valence-corrected chi connectivity index (χ1v) is 7.76. The molecule has 0 atom stereocenters. The number of carbonyl (C=O) groups is 1. The zero-order valence-corrected chi connectivity index (χ0v) is 14.6. The third-order valence-electron chi connectivity index (χ3n) is 3.06. The number of alkyl halides is 3. The molecule has 0 radical (unpaired) electrons. The van der Waals surface area contributed by atoms with Gasteiger partial charge >= 0.3 is 6.18 Å². The van der Waals surface area contributed by atoms with Crippen LogP contribution in [0.1, 0.15) is 36.7 Å². The van der Waals surface area contributed by atoms with E-state index in [1.807, 2.05) is 20.8 Å². The van der Waals surface area contributed by atoms with E-state index >= 15 is 0 Å². The topological polar surface area (TPSA) is 54.0 Å². The van der Waals surface area contributed by atoms with Crippen LogP contribution in [0.2, 0.25) is 5.02 Å². The molecule has 0 saturated carbocycles. The highest BCUT2D eigenvalue weighted by Crippen LogP contribution is 2.36. The van der Waals surface area contributed by atoms with Crippen LogP contribution in [0.3, 0.4) is 0 Å². The van der Waals surface area contributed by atoms with Gasteiger partial charge < -0.3 is 10.6 Å². The molecular formula is C17H17ClF3N3O. The highest BCUT2D eigenvalue weighted by Gasteiger charge is 2.33. The van der Waals surface area contributed by atoms with Crippen molar-refractivity contribution in [3.05, 3.63) is 52.7 Å². The molecule has 2 rings (SSSR count). The Bertz CT molecular complexity index is 768.